The van der Waals surface area contributed by atoms with Gasteiger partial charge in [0.15, 0.2) is 5.65 Å². The number of hydrogen-bond acceptors (Lipinski definition) is 4. The molecule has 2 aromatic heterocycles. The van der Waals surface area contributed by atoms with Crippen molar-refractivity contribution in [1.82, 2.24) is 20.1 Å². The van der Waals surface area contributed by atoms with E-state index in [0.717, 1.165) is 37.1 Å². The van der Waals surface area contributed by atoms with Gasteiger partial charge in [-0.3, -0.25) is 4.68 Å². The molecule has 0 radical (unpaired) electrons. The van der Waals surface area contributed by atoms with Crippen LogP contribution in [0.15, 0.2) is 18.5 Å². The summed E-state index contributed by atoms with van der Waals surface area (Å²) in [6, 6.07) is 2.67. The Morgan fingerprint density at radius 2 is 2.20 bits per heavy atom. The Hall–Kier alpha value is -1.04. The van der Waals surface area contributed by atoms with E-state index in [1.807, 2.05) is 24.1 Å². The lowest BCUT2D eigenvalue weighted by Crippen LogP contribution is -2.51. The Bertz CT molecular complexity index is 557. The predicted octanol–water partition coefficient (Wildman–Crippen LogP) is 2.00. The molecule has 3 rings (SSSR count). The van der Waals surface area contributed by atoms with Crippen molar-refractivity contribution in [2.45, 2.75) is 19.4 Å². The Morgan fingerprint density at radius 3 is 2.95 bits per heavy atom. The van der Waals surface area contributed by atoms with Gasteiger partial charge < -0.3 is 10.2 Å². The minimum Gasteiger partial charge on any atom is -0.365 e. The SMILES string of the molecule is CC[C@H]1CNCCN1c1ccnc2c1cnn2C.Cl.Cl. The van der Waals surface area contributed by atoms with Gasteiger partial charge in [0.1, 0.15) is 0 Å². The smallest absolute Gasteiger partial charge is 0.159 e. The number of nitrogens with one attached hydrogen (secondary N) is 1. The minimum atomic E-state index is 0. The van der Waals surface area contributed by atoms with E-state index in [9.17, 15) is 0 Å². The first kappa shape index (κ1) is 17.0. The van der Waals surface area contributed by atoms with Crippen molar-refractivity contribution in [2.24, 2.45) is 7.05 Å². The van der Waals surface area contributed by atoms with Gasteiger partial charge in [-0.1, -0.05) is 6.92 Å². The zero-order chi connectivity index (χ0) is 12.5. The number of anilines is 1. The van der Waals surface area contributed by atoms with Crippen LogP contribution in [0.5, 0.6) is 0 Å². The summed E-state index contributed by atoms with van der Waals surface area (Å²) in [5.41, 5.74) is 2.22. The molecule has 5 nitrogen and oxygen atoms in total. The number of aryl methyl sites for hydroxylation is 1. The van der Waals surface area contributed by atoms with Gasteiger partial charge >= 0.3 is 0 Å². The fraction of sp³-hybridized carbons (Fsp3) is 0.538. The Morgan fingerprint density at radius 1 is 1.40 bits per heavy atom. The van der Waals surface area contributed by atoms with Crippen LogP contribution in [0.4, 0.5) is 5.69 Å². The highest BCUT2D eigenvalue weighted by atomic mass is 35.5. The van der Waals surface area contributed by atoms with Crippen molar-refractivity contribution in [3.05, 3.63) is 18.5 Å². The van der Waals surface area contributed by atoms with E-state index < -0.39 is 0 Å². The molecule has 1 aliphatic heterocycles. The van der Waals surface area contributed by atoms with E-state index in [1.165, 1.54) is 5.69 Å². The van der Waals surface area contributed by atoms with E-state index in [2.05, 4.69) is 33.3 Å². The standard InChI is InChI=1S/C13H19N5.2ClH/c1-3-10-8-14-6-7-18(10)12-4-5-15-13-11(12)9-16-17(13)2;;/h4-5,9-10,14H,3,6-8H2,1-2H3;2*1H/t10-;;/m0../s1. The van der Waals surface area contributed by atoms with Crippen LogP contribution in [0.1, 0.15) is 13.3 Å². The van der Waals surface area contributed by atoms with Crippen molar-refractivity contribution in [3.63, 3.8) is 0 Å². The molecule has 112 valence electrons. The van der Waals surface area contributed by atoms with Crippen molar-refractivity contribution in [2.75, 3.05) is 24.5 Å². The molecule has 0 saturated carbocycles. The maximum absolute atomic E-state index is 4.41. The first-order valence-electron chi connectivity index (χ1n) is 6.55. The zero-order valence-corrected chi connectivity index (χ0v) is 13.4. The van der Waals surface area contributed by atoms with Gasteiger partial charge in [-0.15, -0.1) is 24.8 Å². The van der Waals surface area contributed by atoms with Crippen molar-refractivity contribution < 1.29 is 0 Å². The van der Waals surface area contributed by atoms with Crippen LogP contribution in [0.25, 0.3) is 11.0 Å². The molecule has 2 aromatic rings. The molecule has 0 bridgehead atoms. The topological polar surface area (TPSA) is 46.0 Å². The molecule has 20 heavy (non-hydrogen) atoms. The number of halogens is 2. The monoisotopic (exact) mass is 317 g/mol. The maximum atomic E-state index is 4.41. The molecular weight excluding hydrogens is 297 g/mol. The number of pyridine rings is 1. The summed E-state index contributed by atoms with van der Waals surface area (Å²) >= 11 is 0. The molecule has 1 saturated heterocycles. The van der Waals surface area contributed by atoms with E-state index in [4.69, 9.17) is 0 Å². The fourth-order valence-electron chi connectivity index (χ4n) is 2.73. The average molecular weight is 318 g/mol. The molecule has 1 atom stereocenters. The number of nitrogens with zero attached hydrogens (tertiary/aromatic N) is 4. The van der Waals surface area contributed by atoms with Crippen LogP contribution in [0.3, 0.4) is 0 Å². The molecule has 7 heteroatoms. The van der Waals surface area contributed by atoms with Crippen molar-refractivity contribution in [1.29, 1.82) is 0 Å². The first-order valence-corrected chi connectivity index (χ1v) is 6.55. The maximum Gasteiger partial charge on any atom is 0.159 e. The van der Waals surface area contributed by atoms with Crippen molar-refractivity contribution >= 4 is 41.5 Å². The minimum absolute atomic E-state index is 0. The first-order chi connectivity index (χ1) is 8.81. The van der Waals surface area contributed by atoms with Gasteiger partial charge in [0.05, 0.1) is 17.3 Å². The second kappa shape index (κ2) is 7.11. The number of hydrogen-bond donors (Lipinski definition) is 1. The molecule has 3 heterocycles. The summed E-state index contributed by atoms with van der Waals surface area (Å²) in [5.74, 6) is 0. The number of rotatable bonds is 2. The summed E-state index contributed by atoms with van der Waals surface area (Å²) in [7, 11) is 1.94. The van der Waals surface area contributed by atoms with Crippen LogP contribution in [0, 0.1) is 0 Å². The highest BCUT2D eigenvalue weighted by Gasteiger charge is 2.23. The number of fused-ring (bicyclic) bond motifs is 1. The summed E-state index contributed by atoms with van der Waals surface area (Å²) in [6.45, 7) is 5.39. The van der Waals surface area contributed by atoms with Crippen LogP contribution in [-0.2, 0) is 7.05 Å². The van der Waals surface area contributed by atoms with E-state index in [-0.39, 0.29) is 24.8 Å². The lowest BCUT2D eigenvalue weighted by Gasteiger charge is -2.37. The van der Waals surface area contributed by atoms with Crippen LogP contribution in [0.2, 0.25) is 0 Å². The Balaban J connectivity index is 0.000001000. The Kier molecular flexibility index (Phi) is 6.05. The second-order valence-corrected chi connectivity index (χ2v) is 4.80. The lowest BCUT2D eigenvalue weighted by molar-refractivity contribution is 0.467. The van der Waals surface area contributed by atoms with Crippen LogP contribution < -0.4 is 10.2 Å². The van der Waals surface area contributed by atoms with E-state index in [1.54, 1.807) is 0 Å². The van der Waals surface area contributed by atoms with E-state index >= 15 is 0 Å². The van der Waals surface area contributed by atoms with Crippen molar-refractivity contribution in [3.8, 4) is 0 Å². The third-order valence-corrected chi connectivity index (χ3v) is 3.74. The molecule has 0 amide bonds. The zero-order valence-electron chi connectivity index (χ0n) is 11.7. The number of piperazine rings is 1. The molecule has 0 aromatic carbocycles. The molecule has 0 spiro atoms. The average Bonchev–Trinajstić information content (AvgIpc) is 2.81. The summed E-state index contributed by atoms with van der Waals surface area (Å²) in [5, 5.41) is 8.93. The van der Waals surface area contributed by atoms with Gasteiger partial charge in [0.25, 0.3) is 0 Å². The molecule has 0 unspecified atom stereocenters. The quantitative estimate of drug-likeness (QED) is 0.920. The fourth-order valence-corrected chi connectivity index (χ4v) is 2.73. The molecular formula is C13H21Cl2N5. The molecule has 0 aliphatic carbocycles. The predicted molar refractivity (Wildman–Crippen MR) is 87.3 cm³/mol. The van der Waals surface area contributed by atoms with Gasteiger partial charge in [0.2, 0.25) is 0 Å². The molecule has 1 aliphatic rings. The van der Waals surface area contributed by atoms with Gasteiger partial charge in [0, 0.05) is 38.9 Å². The van der Waals surface area contributed by atoms with Gasteiger partial charge in [-0.25, -0.2) is 4.98 Å². The lowest BCUT2D eigenvalue weighted by atomic mass is 10.1. The summed E-state index contributed by atoms with van der Waals surface area (Å²) in [4.78, 5) is 6.89. The van der Waals surface area contributed by atoms with Gasteiger partial charge in [-0.05, 0) is 12.5 Å². The van der Waals surface area contributed by atoms with Gasteiger partial charge in [-0.2, -0.15) is 5.10 Å². The third-order valence-electron chi connectivity index (χ3n) is 3.74. The highest BCUT2D eigenvalue weighted by molar-refractivity contribution is 5.89. The summed E-state index contributed by atoms with van der Waals surface area (Å²) in [6.07, 6.45) is 4.96. The largest absolute Gasteiger partial charge is 0.365 e. The molecule has 1 N–H and O–H groups in total. The van der Waals surface area contributed by atoms with Crippen LogP contribution >= 0.6 is 24.8 Å². The van der Waals surface area contributed by atoms with Crippen LogP contribution in [-0.4, -0.2) is 40.4 Å². The highest BCUT2D eigenvalue weighted by Crippen LogP contribution is 2.27. The third kappa shape index (κ3) is 2.85. The molecule has 1 fully saturated rings. The number of aromatic nitrogens is 3. The summed E-state index contributed by atoms with van der Waals surface area (Å²) < 4.78 is 1.84. The Labute approximate surface area is 131 Å². The normalized spacial score (nSPS) is 18.5. The van der Waals surface area contributed by atoms with E-state index in [0.29, 0.717) is 6.04 Å². The second-order valence-electron chi connectivity index (χ2n) is 4.80.